The molecule has 168 valence electrons. The predicted octanol–water partition coefficient (Wildman–Crippen LogP) is 3.19. The van der Waals surface area contributed by atoms with Crippen LogP contribution in [0.5, 0.6) is 0 Å². The number of Topliss-reactive ketones (excluding diaryl/α,β-unsaturated/α-hetero) is 1. The summed E-state index contributed by atoms with van der Waals surface area (Å²) in [5, 5.41) is 0. The molecule has 0 spiro atoms. The zero-order chi connectivity index (χ0) is 22.8. The Morgan fingerprint density at radius 3 is 2.26 bits per heavy atom. The van der Waals surface area contributed by atoms with Crippen molar-refractivity contribution in [3.05, 3.63) is 52.8 Å². The van der Waals surface area contributed by atoms with Crippen molar-refractivity contribution < 1.29 is 22.7 Å². The molecule has 1 fully saturated rings. The van der Waals surface area contributed by atoms with Crippen molar-refractivity contribution in [1.82, 2.24) is 8.87 Å². The number of piperidine rings is 1. The van der Waals surface area contributed by atoms with Crippen LogP contribution in [0.2, 0.25) is 0 Å². The minimum Gasteiger partial charge on any atom is -0.457 e. The fraction of sp³-hybridized carbons (Fsp3) is 0.478. The Morgan fingerprint density at radius 1 is 1.06 bits per heavy atom. The molecule has 1 aliphatic heterocycles. The predicted molar refractivity (Wildman–Crippen MR) is 119 cm³/mol. The van der Waals surface area contributed by atoms with E-state index in [4.69, 9.17) is 4.74 Å². The Morgan fingerprint density at radius 2 is 1.68 bits per heavy atom. The zero-order valence-corrected chi connectivity index (χ0v) is 19.4. The highest BCUT2D eigenvalue weighted by atomic mass is 32.2. The molecule has 1 aromatic carbocycles. The van der Waals surface area contributed by atoms with E-state index in [9.17, 15) is 18.0 Å². The largest absolute Gasteiger partial charge is 0.457 e. The van der Waals surface area contributed by atoms with E-state index in [0.717, 1.165) is 22.6 Å². The Bertz CT molecular complexity index is 1060. The van der Waals surface area contributed by atoms with Crippen molar-refractivity contribution in [2.45, 2.75) is 40.5 Å². The minimum absolute atomic E-state index is 0.0532. The minimum atomic E-state index is -3.24. The summed E-state index contributed by atoms with van der Waals surface area (Å²) in [6.07, 6.45) is 0.822. The van der Waals surface area contributed by atoms with Crippen LogP contribution in [0.4, 0.5) is 0 Å². The molecule has 1 aliphatic rings. The molecule has 0 radical (unpaired) electrons. The number of aryl methyl sites for hydroxylation is 2. The molecular formula is C23H30N2O5S. The normalized spacial score (nSPS) is 15.7. The molecule has 0 atom stereocenters. The van der Waals surface area contributed by atoms with Crippen LogP contribution in [-0.2, 0) is 19.6 Å². The first-order valence-electron chi connectivity index (χ1n) is 10.6. The van der Waals surface area contributed by atoms with Crippen LogP contribution in [0.25, 0.3) is 5.69 Å². The summed E-state index contributed by atoms with van der Waals surface area (Å²) < 4.78 is 32.6. The van der Waals surface area contributed by atoms with E-state index in [1.54, 1.807) is 6.92 Å². The number of sulfonamides is 1. The van der Waals surface area contributed by atoms with Gasteiger partial charge in [-0.1, -0.05) is 17.7 Å². The number of hydrogen-bond acceptors (Lipinski definition) is 5. The smallest absolute Gasteiger partial charge is 0.309 e. The summed E-state index contributed by atoms with van der Waals surface area (Å²) in [5.74, 6) is -1.01. The number of rotatable bonds is 7. The van der Waals surface area contributed by atoms with Gasteiger partial charge in [-0.25, -0.2) is 12.7 Å². The molecule has 1 saturated heterocycles. The topological polar surface area (TPSA) is 85.7 Å². The molecule has 31 heavy (non-hydrogen) atoms. The van der Waals surface area contributed by atoms with Crippen LogP contribution < -0.4 is 0 Å². The standard InChI is InChI=1S/C23H30N2O5S/c1-5-31(28,29)24-12-10-19(11-13-24)23(27)30-15-22(26)21-14-17(3)25(18(21)4)20-8-6-16(2)7-9-20/h6-9,14,19H,5,10-13,15H2,1-4H3. The van der Waals surface area contributed by atoms with E-state index in [-0.39, 0.29) is 24.1 Å². The van der Waals surface area contributed by atoms with Gasteiger partial charge in [-0.3, -0.25) is 9.59 Å². The highest BCUT2D eigenvalue weighted by Crippen LogP contribution is 2.23. The lowest BCUT2D eigenvalue weighted by molar-refractivity contribution is -0.148. The third-order valence-electron chi connectivity index (χ3n) is 5.91. The maximum absolute atomic E-state index is 12.7. The molecule has 7 nitrogen and oxygen atoms in total. The summed E-state index contributed by atoms with van der Waals surface area (Å²) >= 11 is 0. The number of aromatic nitrogens is 1. The fourth-order valence-corrected chi connectivity index (χ4v) is 5.15. The van der Waals surface area contributed by atoms with Crippen LogP contribution in [0.1, 0.15) is 47.1 Å². The Balaban J connectivity index is 1.61. The number of esters is 1. The van der Waals surface area contributed by atoms with Crippen molar-refractivity contribution in [2.75, 3.05) is 25.4 Å². The van der Waals surface area contributed by atoms with Gasteiger partial charge in [0.1, 0.15) is 0 Å². The highest BCUT2D eigenvalue weighted by Gasteiger charge is 2.31. The maximum atomic E-state index is 12.7. The van der Waals surface area contributed by atoms with Gasteiger partial charge in [-0.2, -0.15) is 0 Å². The fourth-order valence-electron chi connectivity index (χ4n) is 4.02. The van der Waals surface area contributed by atoms with Gasteiger partial charge in [0.15, 0.2) is 6.61 Å². The number of carbonyl (C=O) groups excluding carboxylic acids is 2. The number of benzene rings is 1. The molecule has 0 unspecified atom stereocenters. The van der Waals surface area contributed by atoms with E-state index >= 15 is 0 Å². The lowest BCUT2D eigenvalue weighted by Gasteiger charge is -2.29. The van der Waals surface area contributed by atoms with Gasteiger partial charge >= 0.3 is 5.97 Å². The average molecular weight is 447 g/mol. The Labute approximate surface area is 184 Å². The van der Waals surface area contributed by atoms with Crippen LogP contribution in [0.15, 0.2) is 30.3 Å². The molecule has 0 N–H and O–H groups in total. The quantitative estimate of drug-likeness (QED) is 0.482. The van der Waals surface area contributed by atoms with Crippen molar-refractivity contribution in [3.8, 4) is 5.69 Å². The van der Waals surface area contributed by atoms with Gasteiger partial charge in [0.25, 0.3) is 0 Å². The zero-order valence-electron chi connectivity index (χ0n) is 18.6. The van der Waals surface area contributed by atoms with E-state index < -0.39 is 16.0 Å². The van der Waals surface area contributed by atoms with Crippen LogP contribution >= 0.6 is 0 Å². The van der Waals surface area contributed by atoms with Gasteiger partial charge in [0.2, 0.25) is 15.8 Å². The molecule has 8 heteroatoms. The van der Waals surface area contributed by atoms with E-state index in [1.165, 1.54) is 4.31 Å². The van der Waals surface area contributed by atoms with E-state index in [2.05, 4.69) is 0 Å². The van der Waals surface area contributed by atoms with Crippen molar-refractivity contribution in [1.29, 1.82) is 0 Å². The molecule has 0 bridgehead atoms. The Hall–Kier alpha value is -2.45. The second-order valence-electron chi connectivity index (χ2n) is 8.06. The van der Waals surface area contributed by atoms with Gasteiger partial charge in [0.05, 0.1) is 11.7 Å². The van der Waals surface area contributed by atoms with Crippen molar-refractivity contribution in [2.24, 2.45) is 5.92 Å². The third kappa shape index (κ3) is 5.07. The van der Waals surface area contributed by atoms with Crippen molar-refractivity contribution >= 4 is 21.8 Å². The molecular weight excluding hydrogens is 416 g/mol. The summed E-state index contributed by atoms with van der Waals surface area (Å²) in [5.41, 5.74) is 4.41. The second kappa shape index (κ2) is 9.36. The summed E-state index contributed by atoms with van der Waals surface area (Å²) in [4.78, 5) is 25.2. The summed E-state index contributed by atoms with van der Waals surface area (Å²) in [7, 11) is -3.24. The van der Waals surface area contributed by atoms with Gasteiger partial charge in [0, 0.05) is 35.7 Å². The van der Waals surface area contributed by atoms with Crippen LogP contribution in [0.3, 0.4) is 0 Å². The average Bonchev–Trinajstić information content (AvgIpc) is 3.06. The first-order valence-corrected chi connectivity index (χ1v) is 12.2. The van der Waals surface area contributed by atoms with Gasteiger partial charge in [-0.05, 0) is 58.7 Å². The molecule has 0 saturated carbocycles. The first-order chi connectivity index (χ1) is 14.6. The molecule has 0 aliphatic carbocycles. The lowest BCUT2D eigenvalue weighted by Crippen LogP contribution is -2.41. The number of hydrogen-bond donors (Lipinski definition) is 0. The van der Waals surface area contributed by atoms with E-state index in [1.807, 2.05) is 55.7 Å². The maximum Gasteiger partial charge on any atom is 0.309 e. The molecule has 2 aromatic rings. The summed E-state index contributed by atoms with van der Waals surface area (Å²) in [6, 6.07) is 9.88. The number of nitrogens with zero attached hydrogens (tertiary/aromatic N) is 2. The lowest BCUT2D eigenvalue weighted by atomic mass is 9.98. The van der Waals surface area contributed by atoms with Crippen LogP contribution in [-0.4, -0.2) is 54.5 Å². The highest BCUT2D eigenvalue weighted by molar-refractivity contribution is 7.89. The molecule has 1 aromatic heterocycles. The van der Waals surface area contributed by atoms with Crippen molar-refractivity contribution in [3.63, 3.8) is 0 Å². The third-order valence-corrected chi connectivity index (χ3v) is 7.80. The first kappa shape index (κ1) is 23.2. The van der Waals surface area contributed by atoms with Gasteiger partial charge < -0.3 is 9.30 Å². The number of ketones is 1. The molecule has 3 rings (SSSR count). The van der Waals surface area contributed by atoms with E-state index in [0.29, 0.717) is 31.5 Å². The van der Waals surface area contributed by atoms with Crippen LogP contribution in [0, 0.1) is 26.7 Å². The van der Waals surface area contributed by atoms with Gasteiger partial charge in [-0.15, -0.1) is 0 Å². The molecule has 0 amide bonds. The monoisotopic (exact) mass is 446 g/mol. The second-order valence-corrected chi connectivity index (χ2v) is 10.3. The summed E-state index contributed by atoms with van der Waals surface area (Å²) in [6.45, 7) is 7.75. The number of ether oxygens (including phenoxy) is 1. The molecule has 2 heterocycles. The SMILES string of the molecule is CCS(=O)(=O)N1CCC(C(=O)OCC(=O)c2cc(C)n(-c3ccc(C)cc3)c2C)CC1. The Kier molecular flexibility index (Phi) is 7.01. The number of carbonyl (C=O) groups is 2.